The first-order chi connectivity index (χ1) is 10.7. The quantitative estimate of drug-likeness (QED) is 0.767. The Labute approximate surface area is 153 Å². The molecule has 1 amide bonds. The smallest absolute Gasteiger partial charge is 0.251 e. The normalized spacial score (nSPS) is 16.8. The fraction of sp³-hybridized carbons (Fsp3) is 0.294. The van der Waals surface area contributed by atoms with Crippen molar-refractivity contribution in [3.05, 3.63) is 65.5 Å². The van der Waals surface area contributed by atoms with Crippen molar-refractivity contribution in [2.75, 3.05) is 6.54 Å². The zero-order valence-corrected chi connectivity index (χ0v) is 14.6. The van der Waals surface area contributed by atoms with E-state index in [9.17, 15) is 9.90 Å². The SMILES string of the molecule is Cl.Cl.O=C(NC[C@@H](O)[C@@H]1Cc2ccccc2CN1)c1ccncc1. The van der Waals surface area contributed by atoms with Gasteiger partial charge in [-0.1, -0.05) is 24.3 Å². The maximum atomic E-state index is 12.0. The van der Waals surface area contributed by atoms with Crippen LogP contribution in [-0.4, -0.2) is 34.7 Å². The Morgan fingerprint density at radius 3 is 2.58 bits per heavy atom. The molecule has 0 aliphatic carbocycles. The van der Waals surface area contributed by atoms with Gasteiger partial charge in [0, 0.05) is 37.1 Å². The van der Waals surface area contributed by atoms with Crippen molar-refractivity contribution in [1.82, 2.24) is 15.6 Å². The van der Waals surface area contributed by atoms with Gasteiger partial charge in [0.15, 0.2) is 0 Å². The third-order valence-corrected chi connectivity index (χ3v) is 3.99. The van der Waals surface area contributed by atoms with Crippen LogP contribution in [0, 0.1) is 0 Å². The Morgan fingerprint density at radius 2 is 1.88 bits per heavy atom. The second kappa shape index (κ2) is 9.59. The second-order valence-corrected chi connectivity index (χ2v) is 5.47. The number of amides is 1. The van der Waals surface area contributed by atoms with Gasteiger partial charge in [-0.05, 0) is 29.7 Å². The van der Waals surface area contributed by atoms with Gasteiger partial charge in [-0.25, -0.2) is 0 Å². The van der Waals surface area contributed by atoms with Crippen LogP contribution in [-0.2, 0) is 13.0 Å². The number of nitrogens with one attached hydrogen (secondary N) is 2. The highest BCUT2D eigenvalue weighted by Gasteiger charge is 2.24. The van der Waals surface area contributed by atoms with Gasteiger partial charge in [-0.2, -0.15) is 0 Å². The number of carbonyl (C=O) groups is 1. The highest BCUT2D eigenvalue weighted by molar-refractivity contribution is 5.93. The van der Waals surface area contributed by atoms with Crippen LogP contribution in [0.1, 0.15) is 21.5 Å². The number of halogens is 2. The van der Waals surface area contributed by atoms with Crippen LogP contribution in [0.15, 0.2) is 48.8 Å². The number of hydrogen-bond acceptors (Lipinski definition) is 4. The standard InChI is InChI=1S/C17H19N3O2.2ClH/c21-16(11-20-17(22)12-5-7-18-8-6-12)15-9-13-3-1-2-4-14(13)10-19-15;;/h1-8,15-16,19,21H,9-11H2,(H,20,22);2*1H/t15-,16+;;/m0../s1. The van der Waals surface area contributed by atoms with Gasteiger partial charge in [0.2, 0.25) is 0 Å². The number of aromatic nitrogens is 1. The molecule has 2 aromatic rings. The number of nitrogens with zero attached hydrogens (tertiary/aromatic N) is 1. The van der Waals surface area contributed by atoms with Crippen LogP contribution in [0.4, 0.5) is 0 Å². The summed E-state index contributed by atoms with van der Waals surface area (Å²) in [6.07, 6.45) is 3.29. The van der Waals surface area contributed by atoms with Crippen LogP contribution in [0.3, 0.4) is 0 Å². The minimum Gasteiger partial charge on any atom is -0.390 e. The Morgan fingerprint density at radius 1 is 1.21 bits per heavy atom. The van der Waals surface area contributed by atoms with E-state index in [4.69, 9.17) is 0 Å². The van der Waals surface area contributed by atoms with Crippen LogP contribution >= 0.6 is 24.8 Å². The van der Waals surface area contributed by atoms with E-state index in [-0.39, 0.29) is 43.3 Å². The molecule has 0 unspecified atom stereocenters. The van der Waals surface area contributed by atoms with Crippen LogP contribution < -0.4 is 10.6 Å². The van der Waals surface area contributed by atoms with Gasteiger partial charge in [0.05, 0.1) is 6.10 Å². The highest BCUT2D eigenvalue weighted by atomic mass is 35.5. The summed E-state index contributed by atoms with van der Waals surface area (Å²) < 4.78 is 0. The third kappa shape index (κ3) is 4.92. The lowest BCUT2D eigenvalue weighted by Gasteiger charge is -2.30. The molecular formula is C17H21Cl2N3O2. The summed E-state index contributed by atoms with van der Waals surface area (Å²) in [6, 6.07) is 11.5. The van der Waals surface area contributed by atoms with Gasteiger partial charge in [0.1, 0.15) is 0 Å². The molecule has 0 radical (unpaired) electrons. The number of hydrogen-bond donors (Lipinski definition) is 3. The lowest BCUT2D eigenvalue weighted by molar-refractivity contribution is 0.0870. The van der Waals surface area contributed by atoms with Gasteiger partial charge < -0.3 is 15.7 Å². The topological polar surface area (TPSA) is 74.2 Å². The van der Waals surface area contributed by atoms with E-state index in [1.54, 1.807) is 24.5 Å². The monoisotopic (exact) mass is 369 g/mol. The van der Waals surface area contributed by atoms with Crippen LogP contribution in [0.25, 0.3) is 0 Å². The fourth-order valence-electron chi connectivity index (χ4n) is 2.70. The summed E-state index contributed by atoms with van der Waals surface area (Å²) in [7, 11) is 0. The number of fused-ring (bicyclic) bond motifs is 1. The van der Waals surface area contributed by atoms with E-state index in [1.165, 1.54) is 11.1 Å². The number of aliphatic hydroxyl groups is 1. The van der Waals surface area contributed by atoms with Crippen molar-refractivity contribution < 1.29 is 9.90 Å². The summed E-state index contributed by atoms with van der Waals surface area (Å²) in [4.78, 5) is 15.8. The molecule has 3 N–H and O–H groups in total. The predicted octanol–water partition coefficient (Wildman–Crippen LogP) is 1.73. The molecule has 1 aromatic heterocycles. The third-order valence-electron chi connectivity index (χ3n) is 3.99. The largest absolute Gasteiger partial charge is 0.390 e. The number of carbonyl (C=O) groups excluding carboxylic acids is 1. The first kappa shape index (κ1) is 20.4. The molecule has 0 spiro atoms. The number of benzene rings is 1. The maximum Gasteiger partial charge on any atom is 0.251 e. The molecule has 0 saturated carbocycles. The van der Waals surface area contributed by atoms with Crippen LogP contribution in [0.5, 0.6) is 0 Å². The van der Waals surface area contributed by atoms with Gasteiger partial charge in [-0.3, -0.25) is 9.78 Å². The van der Waals surface area contributed by atoms with E-state index in [0.717, 1.165) is 13.0 Å². The van der Waals surface area contributed by atoms with E-state index in [1.807, 2.05) is 12.1 Å². The molecule has 2 heterocycles. The average molecular weight is 370 g/mol. The van der Waals surface area contributed by atoms with Crippen molar-refractivity contribution >= 4 is 30.7 Å². The van der Waals surface area contributed by atoms with Crippen LogP contribution in [0.2, 0.25) is 0 Å². The fourth-order valence-corrected chi connectivity index (χ4v) is 2.70. The second-order valence-electron chi connectivity index (χ2n) is 5.47. The summed E-state index contributed by atoms with van der Waals surface area (Å²) >= 11 is 0. The summed E-state index contributed by atoms with van der Waals surface area (Å²) in [5, 5.41) is 16.4. The molecule has 3 rings (SSSR count). The van der Waals surface area contributed by atoms with Crippen molar-refractivity contribution in [1.29, 1.82) is 0 Å². The zero-order valence-electron chi connectivity index (χ0n) is 13.0. The Bertz CT molecular complexity index is 655. The molecule has 0 saturated heterocycles. The van der Waals surface area contributed by atoms with E-state index >= 15 is 0 Å². The molecule has 1 aliphatic rings. The maximum absolute atomic E-state index is 12.0. The van der Waals surface area contributed by atoms with Crippen molar-refractivity contribution in [2.24, 2.45) is 0 Å². The molecule has 2 atom stereocenters. The first-order valence-electron chi connectivity index (χ1n) is 7.40. The molecule has 130 valence electrons. The summed E-state index contributed by atoms with van der Waals surface area (Å²) in [5.41, 5.74) is 3.07. The Kier molecular flexibility index (Phi) is 8.15. The van der Waals surface area contributed by atoms with Gasteiger partial charge in [0.25, 0.3) is 5.91 Å². The Balaban J connectivity index is 0.00000144. The first-order valence-corrected chi connectivity index (χ1v) is 7.40. The average Bonchev–Trinajstić information content (AvgIpc) is 2.59. The number of pyridine rings is 1. The molecule has 7 heteroatoms. The highest BCUT2D eigenvalue weighted by Crippen LogP contribution is 2.17. The predicted molar refractivity (Wildman–Crippen MR) is 97.8 cm³/mol. The van der Waals surface area contributed by atoms with Crippen molar-refractivity contribution in [3.63, 3.8) is 0 Å². The van der Waals surface area contributed by atoms with Crippen molar-refractivity contribution in [3.8, 4) is 0 Å². The summed E-state index contributed by atoms with van der Waals surface area (Å²) in [6.45, 7) is 0.969. The minimum atomic E-state index is -0.626. The lowest BCUT2D eigenvalue weighted by atomic mass is 9.93. The lowest BCUT2D eigenvalue weighted by Crippen LogP contribution is -2.49. The Hall–Kier alpha value is -1.66. The molecular weight excluding hydrogens is 349 g/mol. The molecule has 0 fully saturated rings. The molecule has 1 aliphatic heterocycles. The summed E-state index contributed by atoms with van der Waals surface area (Å²) in [5.74, 6) is -0.197. The molecule has 24 heavy (non-hydrogen) atoms. The van der Waals surface area contributed by atoms with E-state index in [0.29, 0.717) is 5.56 Å². The minimum absolute atomic E-state index is 0. The van der Waals surface area contributed by atoms with Crippen molar-refractivity contribution in [2.45, 2.75) is 25.1 Å². The molecule has 5 nitrogen and oxygen atoms in total. The van der Waals surface area contributed by atoms with Gasteiger partial charge >= 0.3 is 0 Å². The number of rotatable bonds is 4. The number of aliphatic hydroxyl groups excluding tert-OH is 1. The molecule has 1 aromatic carbocycles. The van der Waals surface area contributed by atoms with Gasteiger partial charge in [-0.15, -0.1) is 24.8 Å². The zero-order chi connectivity index (χ0) is 15.4. The van der Waals surface area contributed by atoms with E-state index < -0.39 is 6.10 Å². The molecule has 0 bridgehead atoms. The van der Waals surface area contributed by atoms with E-state index in [2.05, 4.69) is 27.8 Å².